The Bertz CT molecular complexity index is 530. The van der Waals surface area contributed by atoms with Crippen molar-refractivity contribution in [1.29, 1.82) is 0 Å². The molecule has 0 saturated carbocycles. The number of amides is 3. The lowest BCUT2D eigenvalue weighted by Crippen LogP contribution is -2.60. The quantitative estimate of drug-likeness (QED) is 0.425. The number of carbonyl (C=O) groups is 4. The molecule has 0 rings (SSSR count). The molecule has 0 aromatic heterocycles. The molecule has 0 fully saturated rings. The van der Waals surface area contributed by atoms with E-state index in [4.69, 9.17) is 9.84 Å². The van der Waals surface area contributed by atoms with E-state index in [2.05, 4.69) is 16.0 Å². The van der Waals surface area contributed by atoms with Gasteiger partial charge in [0.1, 0.15) is 24.2 Å². The van der Waals surface area contributed by atoms with Crippen molar-refractivity contribution in [3.63, 3.8) is 0 Å². The Kier molecular flexibility index (Phi) is 10.4. The molecule has 0 heterocycles. The third-order valence-corrected chi connectivity index (χ3v) is 3.64. The molecule has 0 radical (unpaired) electrons. The first-order chi connectivity index (χ1) is 12.5. The predicted octanol–water partition coefficient (Wildman–Crippen LogP) is 1.56. The fourth-order valence-corrected chi connectivity index (χ4v) is 2.54. The third kappa shape index (κ3) is 10.4. The average molecular weight is 387 g/mol. The SMILES string of the molecule is CCCCC(CCC)(NC(=O)CNC(=O)OC(C)(C)C)C(=O)NCC(=O)O. The highest BCUT2D eigenvalue weighted by Gasteiger charge is 2.38. The number of hydrogen-bond acceptors (Lipinski definition) is 5. The maximum Gasteiger partial charge on any atom is 0.408 e. The molecule has 0 aliphatic heterocycles. The number of alkyl carbamates (subject to hydrolysis) is 1. The van der Waals surface area contributed by atoms with Crippen LogP contribution in [0.4, 0.5) is 4.79 Å². The van der Waals surface area contributed by atoms with E-state index in [0.717, 1.165) is 6.42 Å². The van der Waals surface area contributed by atoms with Crippen LogP contribution >= 0.6 is 0 Å². The summed E-state index contributed by atoms with van der Waals surface area (Å²) in [6.45, 7) is 8.07. The van der Waals surface area contributed by atoms with Gasteiger partial charge in [0.15, 0.2) is 0 Å². The van der Waals surface area contributed by atoms with E-state index in [1.165, 1.54) is 0 Å². The van der Waals surface area contributed by atoms with Crippen LogP contribution in [-0.2, 0) is 19.1 Å². The van der Waals surface area contributed by atoms with Gasteiger partial charge in [-0.3, -0.25) is 14.4 Å². The summed E-state index contributed by atoms with van der Waals surface area (Å²) in [6, 6.07) is 0. The highest BCUT2D eigenvalue weighted by atomic mass is 16.6. The zero-order valence-electron chi connectivity index (χ0n) is 16.9. The Morgan fingerprint density at radius 3 is 2.04 bits per heavy atom. The molecule has 1 unspecified atom stereocenters. The Morgan fingerprint density at radius 1 is 0.926 bits per heavy atom. The van der Waals surface area contributed by atoms with Crippen LogP contribution in [0.3, 0.4) is 0 Å². The molecule has 0 saturated heterocycles. The molecule has 9 nitrogen and oxygen atoms in total. The van der Waals surface area contributed by atoms with E-state index in [1.807, 2.05) is 13.8 Å². The number of carbonyl (C=O) groups excluding carboxylic acids is 3. The lowest BCUT2D eigenvalue weighted by atomic mass is 9.86. The van der Waals surface area contributed by atoms with Crippen molar-refractivity contribution >= 4 is 23.9 Å². The molecule has 0 aromatic carbocycles. The molecule has 27 heavy (non-hydrogen) atoms. The Balaban J connectivity index is 5.08. The Labute approximate surface area is 160 Å². The molecule has 1 atom stereocenters. The number of unbranched alkanes of at least 4 members (excludes halogenated alkanes) is 1. The molecule has 3 amide bonds. The van der Waals surface area contributed by atoms with Crippen LogP contribution in [0.15, 0.2) is 0 Å². The van der Waals surface area contributed by atoms with Crippen LogP contribution in [0.1, 0.15) is 66.7 Å². The van der Waals surface area contributed by atoms with E-state index < -0.39 is 41.6 Å². The van der Waals surface area contributed by atoms with Crippen molar-refractivity contribution in [2.45, 2.75) is 77.9 Å². The van der Waals surface area contributed by atoms with E-state index >= 15 is 0 Å². The normalized spacial score (nSPS) is 13.2. The number of aliphatic carboxylic acids is 1. The van der Waals surface area contributed by atoms with Gasteiger partial charge in [-0.2, -0.15) is 0 Å². The number of rotatable bonds is 11. The standard InChI is InChI=1S/C18H33N3O6/c1-6-8-10-18(9-7-2,15(25)19-12-14(23)24)21-13(22)11-20-16(26)27-17(3,4)5/h6-12H2,1-5H3,(H,19,25)(H,20,26)(H,21,22)(H,23,24). The zero-order valence-corrected chi connectivity index (χ0v) is 16.9. The average Bonchev–Trinajstić information content (AvgIpc) is 2.54. The summed E-state index contributed by atoms with van der Waals surface area (Å²) in [4.78, 5) is 47.4. The molecule has 4 N–H and O–H groups in total. The largest absolute Gasteiger partial charge is 0.480 e. The number of nitrogens with one attached hydrogen (secondary N) is 3. The lowest BCUT2D eigenvalue weighted by Gasteiger charge is -2.33. The van der Waals surface area contributed by atoms with E-state index in [0.29, 0.717) is 25.7 Å². The molecular weight excluding hydrogens is 354 g/mol. The van der Waals surface area contributed by atoms with Gasteiger partial charge < -0.3 is 25.8 Å². The summed E-state index contributed by atoms with van der Waals surface area (Å²) in [5.74, 6) is -2.25. The monoisotopic (exact) mass is 387 g/mol. The first-order valence-corrected chi connectivity index (χ1v) is 9.23. The van der Waals surface area contributed by atoms with Gasteiger partial charge in [-0.25, -0.2) is 4.79 Å². The highest BCUT2D eigenvalue weighted by Crippen LogP contribution is 2.21. The second-order valence-electron chi connectivity index (χ2n) is 7.42. The van der Waals surface area contributed by atoms with Gasteiger partial charge >= 0.3 is 12.1 Å². The fourth-order valence-electron chi connectivity index (χ4n) is 2.54. The van der Waals surface area contributed by atoms with E-state index in [-0.39, 0.29) is 6.54 Å². The van der Waals surface area contributed by atoms with Gasteiger partial charge in [-0.1, -0.05) is 33.1 Å². The Hall–Kier alpha value is -2.32. The van der Waals surface area contributed by atoms with Crippen molar-refractivity contribution in [2.75, 3.05) is 13.1 Å². The Morgan fingerprint density at radius 2 is 1.56 bits per heavy atom. The van der Waals surface area contributed by atoms with Crippen molar-refractivity contribution in [2.24, 2.45) is 0 Å². The second kappa shape index (κ2) is 11.4. The highest BCUT2D eigenvalue weighted by molar-refractivity contribution is 5.94. The second-order valence-corrected chi connectivity index (χ2v) is 7.42. The zero-order chi connectivity index (χ0) is 21.1. The smallest absolute Gasteiger partial charge is 0.408 e. The van der Waals surface area contributed by atoms with Crippen LogP contribution < -0.4 is 16.0 Å². The van der Waals surface area contributed by atoms with E-state index in [9.17, 15) is 19.2 Å². The van der Waals surface area contributed by atoms with E-state index in [1.54, 1.807) is 20.8 Å². The number of carboxylic acid groups (broad SMARTS) is 1. The van der Waals surface area contributed by atoms with Crippen molar-refractivity contribution < 1.29 is 29.0 Å². The number of ether oxygens (including phenoxy) is 1. The number of carboxylic acids is 1. The summed E-state index contributed by atoms with van der Waals surface area (Å²) in [6.07, 6.45) is 2.11. The molecule has 0 bridgehead atoms. The molecule has 9 heteroatoms. The lowest BCUT2D eigenvalue weighted by molar-refractivity contribution is -0.140. The fraction of sp³-hybridized carbons (Fsp3) is 0.778. The molecule has 156 valence electrons. The molecule has 0 aliphatic rings. The van der Waals surface area contributed by atoms with Gasteiger partial charge in [0.25, 0.3) is 0 Å². The van der Waals surface area contributed by atoms with Gasteiger partial charge in [0.05, 0.1) is 0 Å². The molecular formula is C18H33N3O6. The summed E-state index contributed by atoms with van der Waals surface area (Å²) in [5, 5.41) is 16.2. The predicted molar refractivity (Wildman–Crippen MR) is 100 cm³/mol. The van der Waals surface area contributed by atoms with Crippen LogP contribution in [0.5, 0.6) is 0 Å². The third-order valence-electron chi connectivity index (χ3n) is 3.64. The van der Waals surface area contributed by atoms with Crippen LogP contribution in [0.2, 0.25) is 0 Å². The van der Waals surface area contributed by atoms with Crippen LogP contribution in [0, 0.1) is 0 Å². The first-order valence-electron chi connectivity index (χ1n) is 9.23. The van der Waals surface area contributed by atoms with Gasteiger partial charge in [0.2, 0.25) is 11.8 Å². The minimum absolute atomic E-state index is 0.348. The topological polar surface area (TPSA) is 134 Å². The van der Waals surface area contributed by atoms with Crippen molar-refractivity contribution in [3.8, 4) is 0 Å². The maximum atomic E-state index is 12.6. The van der Waals surface area contributed by atoms with Crippen molar-refractivity contribution in [3.05, 3.63) is 0 Å². The molecule has 0 spiro atoms. The minimum Gasteiger partial charge on any atom is -0.480 e. The summed E-state index contributed by atoms with van der Waals surface area (Å²) < 4.78 is 5.07. The maximum absolute atomic E-state index is 12.6. The molecule has 0 aliphatic carbocycles. The molecule has 0 aromatic rings. The van der Waals surface area contributed by atoms with Crippen molar-refractivity contribution in [1.82, 2.24) is 16.0 Å². The van der Waals surface area contributed by atoms with Gasteiger partial charge in [-0.05, 0) is 33.6 Å². The van der Waals surface area contributed by atoms with Gasteiger partial charge in [-0.15, -0.1) is 0 Å². The summed E-state index contributed by atoms with van der Waals surface area (Å²) >= 11 is 0. The van der Waals surface area contributed by atoms with Crippen LogP contribution in [-0.4, -0.2) is 53.2 Å². The first kappa shape index (κ1) is 24.7. The van der Waals surface area contributed by atoms with Crippen LogP contribution in [0.25, 0.3) is 0 Å². The minimum atomic E-state index is -1.22. The van der Waals surface area contributed by atoms with Gasteiger partial charge in [0, 0.05) is 0 Å². The summed E-state index contributed by atoms with van der Waals surface area (Å²) in [7, 11) is 0. The number of hydrogen-bond donors (Lipinski definition) is 4. The summed E-state index contributed by atoms with van der Waals surface area (Å²) in [5.41, 5.74) is -1.91.